The predicted molar refractivity (Wildman–Crippen MR) is 151 cm³/mol. The fraction of sp³-hybridized carbons (Fsp3) is 0.419. The predicted octanol–water partition coefficient (Wildman–Crippen LogP) is 4.77. The van der Waals surface area contributed by atoms with Gasteiger partial charge in [0.15, 0.2) is 0 Å². The van der Waals surface area contributed by atoms with E-state index in [0.717, 1.165) is 24.0 Å². The van der Waals surface area contributed by atoms with Gasteiger partial charge < -0.3 is 31.1 Å². The van der Waals surface area contributed by atoms with Crippen LogP contribution in [0.3, 0.4) is 0 Å². The van der Waals surface area contributed by atoms with Crippen LogP contribution < -0.4 is 15.8 Å². The molecule has 0 heterocycles. The van der Waals surface area contributed by atoms with Crippen LogP contribution in [-0.4, -0.2) is 45.9 Å². The van der Waals surface area contributed by atoms with E-state index in [1.165, 1.54) is 5.57 Å². The first-order chi connectivity index (χ1) is 18.8. The van der Waals surface area contributed by atoms with Crippen LogP contribution in [0.1, 0.15) is 74.5 Å². The molecule has 2 aromatic carbocycles. The van der Waals surface area contributed by atoms with Gasteiger partial charge in [-0.3, -0.25) is 4.79 Å². The summed E-state index contributed by atoms with van der Waals surface area (Å²) in [6.07, 6.45) is 5.60. The number of aliphatic hydroxyl groups is 1. The van der Waals surface area contributed by atoms with E-state index in [0.29, 0.717) is 49.2 Å². The maximum atomic E-state index is 12.0. The van der Waals surface area contributed by atoms with E-state index in [9.17, 15) is 24.9 Å². The second-order valence-electron chi connectivity index (χ2n) is 9.77. The van der Waals surface area contributed by atoms with Crippen molar-refractivity contribution in [3.05, 3.63) is 65.2 Å². The van der Waals surface area contributed by atoms with Gasteiger partial charge in [0.05, 0.1) is 24.1 Å². The summed E-state index contributed by atoms with van der Waals surface area (Å²) in [5.41, 5.74) is 9.98. The molecule has 1 aliphatic carbocycles. The monoisotopic (exact) mass is 534 g/mol. The fourth-order valence-corrected chi connectivity index (χ4v) is 4.65. The molecule has 0 radical (unpaired) electrons. The summed E-state index contributed by atoms with van der Waals surface area (Å²) in [5.74, 6) is 3.70. The second-order valence-corrected chi connectivity index (χ2v) is 9.77. The molecule has 1 aliphatic rings. The summed E-state index contributed by atoms with van der Waals surface area (Å²) in [5, 5.41) is 32.1. The minimum Gasteiger partial charge on any atom is -0.487 e. The van der Waals surface area contributed by atoms with Crippen molar-refractivity contribution in [1.82, 2.24) is 0 Å². The molecule has 208 valence electrons. The lowest BCUT2D eigenvalue weighted by atomic mass is 9.91. The lowest BCUT2D eigenvalue weighted by molar-refractivity contribution is -0.138. The summed E-state index contributed by atoms with van der Waals surface area (Å²) in [6, 6.07) is 12.4. The second kappa shape index (κ2) is 15.0. The van der Waals surface area contributed by atoms with Crippen molar-refractivity contribution in [3.8, 4) is 17.6 Å². The number of carboxylic acid groups (broad SMARTS) is 2. The zero-order valence-corrected chi connectivity index (χ0v) is 22.4. The number of carbonyl (C=O) groups is 2. The summed E-state index contributed by atoms with van der Waals surface area (Å²) < 4.78 is 6.18. The Balaban J connectivity index is 1.87. The lowest BCUT2D eigenvalue weighted by Gasteiger charge is -2.21. The van der Waals surface area contributed by atoms with E-state index in [1.54, 1.807) is 25.1 Å². The molecule has 0 aromatic heterocycles. The maximum absolute atomic E-state index is 12.0. The zero-order chi connectivity index (χ0) is 28.2. The number of aliphatic hydroxyl groups excluding tert-OH is 1. The van der Waals surface area contributed by atoms with Gasteiger partial charge in [-0.2, -0.15) is 0 Å². The van der Waals surface area contributed by atoms with E-state index in [4.69, 9.17) is 10.5 Å². The third-order valence-corrected chi connectivity index (χ3v) is 6.75. The van der Waals surface area contributed by atoms with Gasteiger partial charge in [0.25, 0.3) is 0 Å². The number of unbranched alkanes of at least 4 members (excludes halogenated alkanes) is 1. The van der Waals surface area contributed by atoms with Crippen molar-refractivity contribution in [2.75, 3.05) is 11.9 Å². The average molecular weight is 535 g/mol. The van der Waals surface area contributed by atoms with Crippen LogP contribution in [0.25, 0.3) is 5.57 Å². The van der Waals surface area contributed by atoms with Gasteiger partial charge in [0, 0.05) is 0 Å². The van der Waals surface area contributed by atoms with Crippen molar-refractivity contribution < 1.29 is 29.6 Å². The first-order valence-electron chi connectivity index (χ1n) is 13.4. The fourth-order valence-electron chi connectivity index (χ4n) is 4.65. The topological polar surface area (TPSA) is 142 Å². The van der Waals surface area contributed by atoms with Crippen molar-refractivity contribution >= 4 is 23.2 Å². The molecule has 0 amide bonds. The van der Waals surface area contributed by atoms with Gasteiger partial charge in [0.1, 0.15) is 18.4 Å². The molecule has 2 unspecified atom stereocenters. The number of anilines is 1. The summed E-state index contributed by atoms with van der Waals surface area (Å²) in [7, 11) is 0. The van der Waals surface area contributed by atoms with Gasteiger partial charge in [-0.25, -0.2) is 4.79 Å². The van der Waals surface area contributed by atoms with Crippen LogP contribution in [0.4, 0.5) is 5.69 Å². The Bertz CT molecular complexity index is 1230. The Morgan fingerprint density at radius 1 is 1.18 bits per heavy atom. The highest BCUT2D eigenvalue weighted by atomic mass is 16.5. The number of hydrogen-bond donors (Lipinski definition) is 5. The number of ether oxygens (including phenoxy) is 1. The van der Waals surface area contributed by atoms with Crippen LogP contribution in [0.15, 0.2) is 48.5 Å². The Morgan fingerprint density at radius 2 is 2.00 bits per heavy atom. The normalized spacial score (nSPS) is 16.3. The number of hydrogen-bond acceptors (Lipinski definition) is 6. The SMILES string of the molecule is CC#CC(CC(=O)O)c1ccc(OCc2cccc(C3=CCC(O)CC3)c2)c(N[C@@H](CCCCN)C(=O)O)c1. The van der Waals surface area contributed by atoms with E-state index in [2.05, 4.69) is 29.3 Å². The lowest BCUT2D eigenvalue weighted by Crippen LogP contribution is -2.29. The number of allylic oxidation sites excluding steroid dienone is 1. The molecular formula is C31H38N2O6. The van der Waals surface area contributed by atoms with Gasteiger partial charge in [-0.1, -0.05) is 36.3 Å². The highest BCUT2D eigenvalue weighted by molar-refractivity contribution is 5.78. The largest absolute Gasteiger partial charge is 0.487 e. The third kappa shape index (κ3) is 9.17. The molecule has 0 spiro atoms. The molecule has 0 fully saturated rings. The number of nitrogens with two attached hydrogens (primary N) is 1. The molecule has 8 heteroatoms. The zero-order valence-electron chi connectivity index (χ0n) is 22.4. The highest BCUT2D eigenvalue weighted by Crippen LogP contribution is 2.33. The average Bonchev–Trinajstić information content (AvgIpc) is 2.92. The standard InChI is InChI=1S/C31H38N2O6/c1-2-6-23(19-30(35)36)25-12-15-29(28(18-25)33-27(31(37)38)9-3-4-16-32)39-20-21-7-5-8-24(17-21)22-10-13-26(34)14-11-22/h5,7-8,10,12,15,17-18,23,26-27,33-34H,3-4,9,11,13-14,16,19-20,32H2,1H3,(H,35,36)(H,37,38)/t23?,26?,27-/m0/s1. The number of aliphatic carboxylic acids is 2. The molecule has 0 aliphatic heterocycles. The number of nitrogens with one attached hydrogen (secondary N) is 1. The molecule has 2 aromatic rings. The Labute approximate surface area is 229 Å². The van der Waals surface area contributed by atoms with Crippen molar-refractivity contribution in [2.45, 2.75) is 76.5 Å². The molecule has 3 rings (SSSR count). The quantitative estimate of drug-likeness (QED) is 0.172. The van der Waals surface area contributed by atoms with E-state index >= 15 is 0 Å². The Hall–Kier alpha value is -3.80. The molecule has 0 saturated heterocycles. The minimum atomic E-state index is -0.989. The van der Waals surface area contributed by atoms with Gasteiger partial charge in [-0.15, -0.1) is 5.92 Å². The van der Waals surface area contributed by atoms with Crippen LogP contribution in [0.2, 0.25) is 0 Å². The molecule has 3 atom stereocenters. The van der Waals surface area contributed by atoms with Crippen LogP contribution in [0.5, 0.6) is 5.75 Å². The van der Waals surface area contributed by atoms with Crippen molar-refractivity contribution in [3.63, 3.8) is 0 Å². The maximum Gasteiger partial charge on any atom is 0.326 e. The van der Waals surface area contributed by atoms with E-state index in [1.807, 2.05) is 18.2 Å². The van der Waals surface area contributed by atoms with Crippen LogP contribution in [-0.2, 0) is 16.2 Å². The smallest absolute Gasteiger partial charge is 0.326 e. The van der Waals surface area contributed by atoms with Crippen LogP contribution in [0, 0.1) is 11.8 Å². The summed E-state index contributed by atoms with van der Waals surface area (Å²) >= 11 is 0. The highest BCUT2D eigenvalue weighted by Gasteiger charge is 2.21. The van der Waals surface area contributed by atoms with E-state index in [-0.39, 0.29) is 19.1 Å². The van der Waals surface area contributed by atoms with Gasteiger partial charge in [-0.05, 0) is 92.5 Å². The molecule has 0 saturated carbocycles. The molecule has 6 N–H and O–H groups in total. The summed E-state index contributed by atoms with van der Waals surface area (Å²) in [4.78, 5) is 23.4. The number of rotatable bonds is 14. The Kier molecular flexibility index (Phi) is 11.4. The van der Waals surface area contributed by atoms with Crippen LogP contribution >= 0.6 is 0 Å². The summed E-state index contributed by atoms with van der Waals surface area (Å²) in [6.45, 7) is 2.40. The van der Waals surface area contributed by atoms with Gasteiger partial charge >= 0.3 is 11.9 Å². The Morgan fingerprint density at radius 3 is 2.67 bits per heavy atom. The van der Waals surface area contributed by atoms with E-state index < -0.39 is 23.9 Å². The van der Waals surface area contributed by atoms with Crippen molar-refractivity contribution in [1.29, 1.82) is 0 Å². The third-order valence-electron chi connectivity index (χ3n) is 6.75. The van der Waals surface area contributed by atoms with Gasteiger partial charge in [0.2, 0.25) is 0 Å². The first-order valence-corrected chi connectivity index (χ1v) is 13.4. The molecule has 8 nitrogen and oxygen atoms in total. The molecule has 39 heavy (non-hydrogen) atoms. The number of carboxylic acids is 2. The van der Waals surface area contributed by atoms with Crippen molar-refractivity contribution in [2.24, 2.45) is 5.73 Å². The molecular weight excluding hydrogens is 496 g/mol. The first kappa shape index (κ1) is 29.8. The number of benzene rings is 2. The minimum absolute atomic E-state index is 0.168. The molecule has 0 bridgehead atoms.